The van der Waals surface area contributed by atoms with Crippen LogP contribution in [-0.2, 0) is 28.6 Å². The zero-order valence-electron chi connectivity index (χ0n) is 41.8. The van der Waals surface area contributed by atoms with E-state index in [9.17, 15) is 14.4 Å². The van der Waals surface area contributed by atoms with Gasteiger partial charge in [-0.2, -0.15) is 0 Å². The molecule has 0 heterocycles. The zero-order chi connectivity index (χ0) is 46.5. The van der Waals surface area contributed by atoms with Crippen LogP contribution in [0.25, 0.3) is 0 Å². The SMILES string of the molecule is CC\C=C/C=C\C=C/CCCCCCCC(=O)OCC(COC(=O)CCC/C=C\C/C=C\C/C=C\CCCCCCCC)OC(=O)CCCCCCC/C=C\CCCCCCCCC. The molecule has 0 rings (SSSR count). The summed E-state index contributed by atoms with van der Waals surface area (Å²) in [5.74, 6) is -0.987. The monoisotopic (exact) mass is 891 g/mol. The first kappa shape index (κ1) is 60.6. The molecule has 0 fully saturated rings. The summed E-state index contributed by atoms with van der Waals surface area (Å²) in [7, 11) is 0. The van der Waals surface area contributed by atoms with E-state index in [0.717, 1.165) is 96.3 Å². The molecule has 64 heavy (non-hydrogen) atoms. The average Bonchev–Trinajstić information content (AvgIpc) is 3.29. The summed E-state index contributed by atoms with van der Waals surface area (Å²) in [5, 5.41) is 0. The quantitative estimate of drug-likeness (QED) is 0.0199. The first-order valence-corrected chi connectivity index (χ1v) is 26.6. The van der Waals surface area contributed by atoms with Crippen molar-refractivity contribution in [2.24, 2.45) is 0 Å². The molecule has 1 unspecified atom stereocenters. The van der Waals surface area contributed by atoms with Gasteiger partial charge in [-0.05, 0) is 96.3 Å². The molecule has 0 radical (unpaired) electrons. The van der Waals surface area contributed by atoms with Crippen LogP contribution in [0.15, 0.2) is 85.1 Å². The van der Waals surface area contributed by atoms with E-state index in [4.69, 9.17) is 14.2 Å². The molecule has 0 saturated carbocycles. The Labute approximate surface area is 395 Å². The van der Waals surface area contributed by atoms with Gasteiger partial charge in [-0.25, -0.2) is 0 Å². The third-order valence-corrected chi connectivity index (χ3v) is 11.2. The summed E-state index contributed by atoms with van der Waals surface area (Å²) >= 11 is 0. The van der Waals surface area contributed by atoms with E-state index < -0.39 is 6.10 Å². The number of carbonyl (C=O) groups excluding carboxylic acids is 3. The Balaban J connectivity index is 4.49. The van der Waals surface area contributed by atoms with Crippen LogP contribution in [0.3, 0.4) is 0 Å². The molecule has 6 heteroatoms. The minimum absolute atomic E-state index is 0.107. The van der Waals surface area contributed by atoms with Gasteiger partial charge in [0.1, 0.15) is 13.2 Å². The molecule has 0 saturated heterocycles. The molecule has 0 aliphatic carbocycles. The Morgan fingerprint density at radius 1 is 0.344 bits per heavy atom. The smallest absolute Gasteiger partial charge is 0.306 e. The maximum Gasteiger partial charge on any atom is 0.306 e. The molecule has 366 valence electrons. The van der Waals surface area contributed by atoms with Crippen LogP contribution < -0.4 is 0 Å². The number of hydrogen-bond acceptors (Lipinski definition) is 6. The van der Waals surface area contributed by atoms with E-state index in [2.05, 4.69) is 106 Å². The molecule has 0 spiro atoms. The zero-order valence-corrected chi connectivity index (χ0v) is 41.8. The Morgan fingerprint density at radius 2 is 0.688 bits per heavy atom. The van der Waals surface area contributed by atoms with Crippen molar-refractivity contribution < 1.29 is 28.6 Å². The standard InChI is InChI=1S/C58H98O6/c1-4-7-10-13-16-19-22-25-27-29-31-33-36-39-42-45-48-51-57(60)63-54-55(53-62-56(59)50-47-44-41-38-35-32-24-21-18-15-12-9-6-3)64-58(61)52-49-46-43-40-37-34-30-28-26-23-20-17-14-11-8-5-2/h9,12,15,18,21,24-25,27-28,30-31,33,39,42,55H,4-8,10-11,13-14,16-17,19-20,22-23,26,29,32,34-38,40-41,43-54H2,1-3H3/b12-9-,18-15-,24-21-,27-25-,30-28-,33-31-,42-39-. The van der Waals surface area contributed by atoms with Gasteiger partial charge < -0.3 is 14.2 Å². The van der Waals surface area contributed by atoms with E-state index in [1.807, 2.05) is 0 Å². The van der Waals surface area contributed by atoms with Gasteiger partial charge >= 0.3 is 17.9 Å². The molecule has 0 N–H and O–H groups in total. The van der Waals surface area contributed by atoms with Crippen molar-refractivity contribution >= 4 is 17.9 Å². The lowest BCUT2D eigenvalue weighted by atomic mass is 10.1. The topological polar surface area (TPSA) is 78.9 Å². The molecule has 6 nitrogen and oxygen atoms in total. The fraction of sp³-hybridized carbons (Fsp3) is 0.707. The van der Waals surface area contributed by atoms with Crippen LogP contribution in [-0.4, -0.2) is 37.2 Å². The van der Waals surface area contributed by atoms with Gasteiger partial charge in [-0.15, -0.1) is 0 Å². The van der Waals surface area contributed by atoms with Crippen molar-refractivity contribution in [1.29, 1.82) is 0 Å². The molecule has 0 amide bonds. The highest BCUT2D eigenvalue weighted by Crippen LogP contribution is 2.13. The first-order chi connectivity index (χ1) is 31.5. The molecule has 0 aliphatic rings. The van der Waals surface area contributed by atoms with Gasteiger partial charge in [0, 0.05) is 19.3 Å². The van der Waals surface area contributed by atoms with Crippen LogP contribution in [0.4, 0.5) is 0 Å². The summed E-state index contributed by atoms with van der Waals surface area (Å²) in [6.07, 6.45) is 67.2. The van der Waals surface area contributed by atoms with Crippen molar-refractivity contribution in [3.63, 3.8) is 0 Å². The van der Waals surface area contributed by atoms with Crippen molar-refractivity contribution in [3.05, 3.63) is 85.1 Å². The predicted octanol–water partition coefficient (Wildman–Crippen LogP) is 17.6. The predicted molar refractivity (Wildman–Crippen MR) is 274 cm³/mol. The lowest BCUT2D eigenvalue weighted by molar-refractivity contribution is -0.167. The molecule has 0 aromatic rings. The molecule has 0 bridgehead atoms. The maximum absolute atomic E-state index is 12.8. The summed E-state index contributed by atoms with van der Waals surface area (Å²) in [5.41, 5.74) is 0. The van der Waals surface area contributed by atoms with Crippen molar-refractivity contribution in [1.82, 2.24) is 0 Å². The summed E-state index contributed by atoms with van der Waals surface area (Å²) in [6, 6.07) is 0. The number of unbranched alkanes of at least 4 members (excludes halogenated alkanes) is 24. The number of hydrogen-bond donors (Lipinski definition) is 0. The highest BCUT2D eigenvalue weighted by Gasteiger charge is 2.19. The van der Waals surface area contributed by atoms with E-state index in [1.165, 1.54) is 103 Å². The molecular weight excluding hydrogens is 793 g/mol. The van der Waals surface area contributed by atoms with Crippen LogP contribution in [0.2, 0.25) is 0 Å². The van der Waals surface area contributed by atoms with Crippen molar-refractivity contribution in [2.45, 2.75) is 252 Å². The normalized spacial score (nSPS) is 12.7. The highest BCUT2D eigenvalue weighted by molar-refractivity contribution is 5.71. The second kappa shape index (κ2) is 52.2. The number of ether oxygens (including phenoxy) is 3. The molecule has 0 aliphatic heterocycles. The van der Waals surface area contributed by atoms with Crippen LogP contribution in [0.1, 0.15) is 245 Å². The second-order valence-corrected chi connectivity index (χ2v) is 17.5. The van der Waals surface area contributed by atoms with Gasteiger partial charge in [-0.3, -0.25) is 14.4 Å². The number of esters is 3. The third kappa shape index (κ3) is 49.6. The van der Waals surface area contributed by atoms with Crippen LogP contribution in [0.5, 0.6) is 0 Å². The lowest BCUT2D eigenvalue weighted by Gasteiger charge is -2.18. The van der Waals surface area contributed by atoms with E-state index >= 15 is 0 Å². The first-order valence-electron chi connectivity index (χ1n) is 26.6. The summed E-state index contributed by atoms with van der Waals surface area (Å²) in [6.45, 7) is 6.43. The molecule has 1 atom stereocenters. The van der Waals surface area contributed by atoms with Crippen molar-refractivity contribution in [3.8, 4) is 0 Å². The van der Waals surface area contributed by atoms with Gasteiger partial charge in [0.2, 0.25) is 0 Å². The van der Waals surface area contributed by atoms with Gasteiger partial charge in [0.25, 0.3) is 0 Å². The molecular formula is C58H98O6. The van der Waals surface area contributed by atoms with Gasteiger partial charge in [0.05, 0.1) is 0 Å². The minimum Gasteiger partial charge on any atom is -0.462 e. The van der Waals surface area contributed by atoms with Crippen molar-refractivity contribution in [2.75, 3.05) is 13.2 Å². The second-order valence-electron chi connectivity index (χ2n) is 17.5. The number of allylic oxidation sites excluding steroid dienone is 14. The molecule has 0 aromatic carbocycles. The molecule has 0 aromatic heterocycles. The van der Waals surface area contributed by atoms with E-state index in [-0.39, 0.29) is 37.5 Å². The average molecular weight is 891 g/mol. The lowest BCUT2D eigenvalue weighted by Crippen LogP contribution is -2.30. The fourth-order valence-electron chi connectivity index (χ4n) is 7.16. The summed E-state index contributed by atoms with van der Waals surface area (Å²) in [4.78, 5) is 38.0. The maximum atomic E-state index is 12.8. The minimum atomic E-state index is -0.809. The Morgan fingerprint density at radius 3 is 1.16 bits per heavy atom. The highest BCUT2D eigenvalue weighted by atomic mass is 16.6. The summed E-state index contributed by atoms with van der Waals surface area (Å²) < 4.78 is 16.7. The Bertz CT molecular complexity index is 1250. The number of rotatable bonds is 47. The Hall–Kier alpha value is -3.41. The van der Waals surface area contributed by atoms with Gasteiger partial charge in [0.15, 0.2) is 6.10 Å². The van der Waals surface area contributed by atoms with E-state index in [0.29, 0.717) is 19.3 Å². The Kier molecular flexibility index (Phi) is 49.4. The number of carbonyl (C=O) groups is 3. The van der Waals surface area contributed by atoms with E-state index in [1.54, 1.807) is 0 Å². The van der Waals surface area contributed by atoms with Crippen LogP contribution in [0, 0.1) is 0 Å². The third-order valence-electron chi connectivity index (χ3n) is 11.2. The fourth-order valence-corrected chi connectivity index (χ4v) is 7.16. The largest absolute Gasteiger partial charge is 0.462 e. The van der Waals surface area contributed by atoms with Gasteiger partial charge in [-0.1, -0.05) is 215 Å². The van der Waals surface area contributed by atoms with Crippen LogP contribution >= 0.6 is 0 Å².